The number of nitrogens with zero attached hydrogens (tertiary/aromatic N) is 3. The zero-order valence-electron chi connectivity index (χ0n) is 10.2. The molecule has 0 saturated carbocycles. The first kappa shape index (κ1) is 11.2. The highest BCUT2D eigenvalue weighted by atomic mass is 16.4. The van der Waals surface area contributed by atoms with Crippen molar-refractivity contribution in [2.24, 2.45) is 0 Å². The largest absolute Gasteiger partial charge is 0.478 e. The Labute approximate surface area is 105 Å². The highest BCUT2D eigenvalue weighted by Crippen LogP contribution is 2.34. The summed E-state index contributed by atoms with van der Waals surface area (Å²) in [4.78, 5) is 21.8. The number of fused-ring (bicyclic) bond motifs is 2. The molecular formula is C13H15N3O2. The molecular weight excluding hydrogens is 230 g/mol. The lowest BCUT2D eigenvalue weighted by Gasteiger charge is -2.31. The van der Waals surface area contributed by atoms with E-state index >= 15 is 0 Å². The van der Waals surface area contributed by atoms with Gasteiger partial charge in [-0.25, -0.2) is 14.8 Å². The van der Waals surface area contributed by atoms with E-state index in [1.165, 1.54) is 6.20 Å². The van der Waals surface area contributed by atoms with Crippen molar-refractivity contribution < 1.29 is 9.90 Å². The quantitative estimate of drug-likeness (QED) is 0.804. The fraction of sp³-hybridized carbons (Fsp3) is 0.462. The third kappa shape index (κ3) is 1.66. The molecule has 0 radical (unpaired) electrons. The van der Waals surface area contributed by atoms with Crippen molar-refractivity contribution in [3.05, 3.63) is 29.6 Å². The monoisotopic (exact) mass is 245 g/mol. The molecule has 3 rings (SSSR count). The SMILES string of the molecule is Cc1nc(N2C3C=CCC2CC3)ncc1C(=O)O. The summed E-state index contributed by atoms with van der Waals surface area (Å²) in [6.07, 6.45) is 9.15. The summed E-state index contributed by atoms with van der Waals surface area (Å²) >= 11 is 0. The molecule has 2 atom stereocenters. The summed E-state index contributed by atoms with van der Waals surface area (Å²) in [5.74, 6) is -0.310. The van der Waals surface area contributed by atoms with Gasteiger partial charge < -0.3 is 10.0 Å². The summed E-state index contributed by atoms with van der Waals surface area (Å²) in [6, 6.07) is 0.842. The molecule has 0 aromatic carbocycles. The van der Waals surface area contributed by atoms with Crippen molar-refractivity contribution in [3.63, 3.8) is 0 Å². The molecule has 3 heterocycles. The van der Waals surface area contributed by atoms with Gasteiger partial charge in [-0.1, -0.05) is 12.2 Å². The molecule has 18 heavy (non-hydrogen) atoms. The third-order valence-corrected chi connectivity index (χ3v) is 3.74. The smallest absolute Gasteiger partial charge is 0.339 e. The first-order chi connectivity index (χ1) is 8.66. The molecule has 1 saturated heterocycles. The Bertz CT molecular complexity index is 527. The molecule has 1 fully saturated rings. The Balaban J connectivity index is 1.96. The number of rotatable bonds is 2. The van der Waals surface area contributed by atoms with Crippen molar-refractivity contribution in [2.75, 3.05) is 4.90 Å². The topological polar surface area (TPSA) is 66.3 Å². The molecule has 2 aliphatic heterocycles. The fourth-order valence-corrected chi connectivity index (χ4v) is 2.83. The molecule has 2 unspecified atom stereocenters. The number of aromatic carboxylic acids is 1. The Morgan fingerprint density at radius 3 is 3.00 bits per heavy atom. The number of carboxylic acids is 1. The van der Waals surface area contributed by atoms with E-state index in [1.807, 2.05) is 0 Å². The molecule has 0 amide bonds. The molecule has 2 bridgehead atoms. The van der Waals surface area contributed by atoms with Crippen LogP contribution >= 0.6 is 0 Å². The van der Waals surface area contributed by atoms with Gasteiger partial charge in [-0.3, -0.25) is 0 Å². The molecule has 5 nitrogen and oxygen atoms in total. The van der Waals surface area contributed by atoms with Crippen LogP contribution in [0.4, 0.5) is 5.95 Å². The molecule has 5 heteroatoms. The summed E-state index contributed by atoms with van der Waals surface area (Å²) in [5.41, 5.74) is 0.708. The number of hydrogen-bond acceptors (Lipinski definition) is 4. The van der Waals surface area contributed by atoms with Crippen LogP contribution in [0.3, 0.4) is 0 Å². The van der Waals surface area contributed by atoms with Gasteiger partial charge in [0.2, 0.25) is 5.95 Å². The lowest BCUT2D eigenvalue weighted by molar-refractivity contribution is 0.0695. The van der Waals surface area contributed by atoms with Crippen LogP contribution in [0, 0.1) is 6.92 Å². The van der Waals surface area contributed by atoms with Gasteiger partial charge in [0, 0.05) is 12.2 Å². The van der Waals surface area contributed by atoms with Gasteiger partial charge in [0.25, 0.3) is 0 Å². The van der Waals surface area contributed by atoms with E-state index in [4.69, 9.17) is 5.11 Å². The van der Waals surface area contributed by atoms with Gasteiger partial charge in [0.15, 0.2) is 0 Å². The van der Waals surface area contributed by atoms with Crippen LogP contribution in [0.1, 0.15) is 35.3 Å². The second-order valence-electron chi connectivity index (χ2n) is 4.84. The number of anilines is 1. The Morgan fingerprint density at radius 1 is 1.50 bits per heavy atom. The van der Waals surface area contributed by atoms with Gasteiger partial charge >= 0.3 is 5.97 Å². The standard InChI is InChI=1S/C13H15N3O2/c1-8-11(12(17)18)7-14-13(15-8)16-9-3-2-4-10(16)6-5-9/h2-3,7,9-10H,4-6H2,1H3,(H,17,18). The minimum absolute atomic E-state index is 0.179. The van der Waals surface area contributed by atoms with Gasteiger partial charge in [0.1, 0.15) is 0 Å². The predicted molar refractivity (Wildman–Crippen MR) is 66.8 cm³/mol. The normalized spacial score (nSPS) is 25.5. The first-order valence-corrected chi connectivity index (χ1v) is 6.19. The maximum Gasteiger partial charge on any atom is 0.339 e. The molecule has 1 aromatic heterocycles. The second kappa shape index (κ2) is 4.08. The molecule has 94 valence electrons. The lowest BCUT2D eigenvalue weighted by atomic mass is 10.1. The highest BCUT2D eigenvalue weighted by Gasteiger charge is 2.35. The molecule has 0 spiro atoms. The van der Waals surface area contributed by atoms with Gasteiger partial charge in [-0.15, -0.1) is 0 Å². The lowest BCUT2D eigenvalue weighted by Crippen LogP contribution is -2.38. The number of carboxylic acid groups (broad SMARTS) is 1. The van der Waals surface area contributed by atoms with Crippen LogP contribution in [0.2, 0.25) is 0 Å². The van der Waals surface area contributed by atoms with Crippen molar-refractivity contribution in [1.29, 1.82) is 0 Å². The van der Waals surface area contributed by atoms with E-state index in [-0.39, 0.29) is 5.56 Å². The Morgan fingerprint density at radius 2 is 2.33 bits per heavy atom. The zero-order valence-corrected chi connectivity index (χ0v) is 10.2. The van der Waals surface area contributed by atoms with E-state index in [2.05, 4.69) is 27.0 Å². The average molecular weight is 245 g/mol. The number of carbonyl (C=O) groups is 1. The number of aryl methyl sites for hydroxylation is 1. The van der Waals surface area contributed by atoms with Crippen LogP contribution in [0.15, 0.2) is 18.3 Å². The van der Waals surface area contributed by atoms with Crippen molar-refractivity contribution in [1.82, 2.24) is 9.97 Å². The van der Waals surface area contributed by atoms with E-state index in [0.29, 0.717) is 23.7 Å². The Kier molecular flexibility index (Phi) is 2.54. The average Bonchev–Trinajstić information content (AvgIpc) is 2.58. The number of aromatic nitrogens is 2. The minimum Gasteiger partial charge on any atom is -0.478 e. The van der Waals surface area contributed by atoms with Crippen LogP contribution in [0.25, 0.3) is 0 Å². The zero-order chi connectivity index (χ0) is 12.7. The van der Waals surface area contributed by atoms with Crippen LogP contribution in [0.5, 0.6) is 0 Å². The maximum absolute atomic E-state index is 10.9. The Hall–Kier alpha value is -1.91. The molecule has 1 N–H and O–H groups in total. The second-order valence-corrected chi connectivity index (χ2v) is 4.84. The van der Waals surface area contributed by atoms with E-state index in [9.17, 15) is 4.79 Å². The van der Waals surface area contributed by atoms with E-state index in [0.717, 1.165) is 19.3 Å². The first-order valence-electron chi connectivity index (χ1n) is 6.19. The minimum atomic E-state index is -0.972. The van der Waals surface area contributed by atoms with Crippen molar-refractivity contribution >= 4 is 11.9 Å². The van der Waals surface area contributed by atoms with Crippen LogP contribution in [-0.4, -0.2) is 33.1 Å². The summed E-state index contributed by atoms with van der Waals surface area (Å²) < 4.78 is 0. The predicted octanol–water partition coefficient (Wildman–Crippen LogP) is 1.78. The van der Waals surface area contributed by atoms with Crippen LogP contribution < -0.4 is 4.90 Å². The van der Waals surface area contributed by atoms with Crippen LogP contribution in [-0.2, 0) is 0 Å². The molecule has 1 aromatic rings. The molecule has 2 aliphatic rings. The summed E-state index contributed by atoms with van der Waals surface area (Å²) in [5, 5.41) is 8.98. The van der Waals surface area contributed by atoms with E-state index in [1.54, 1.807) is 6.92 Å². The van der Waals surface area contributed by atoms with Crippen molar-refractivity contribution in [3.8, 4) is 0 Å². The van der Waals surface area contributed by atoms with E-state index < -0.39 is 5.97 Å². The van der Waals surface area contributed by atoms with Gasteiger partial charge in [-0.05, 0) is 26.2 Å². The third-order valence-electron chi connectivity index (χ3n) is 3.74. The summed E-state index contributed by atoms with van der Waals surface area (Å²) in [6.45, 7) is 1.72. The molecule has 0 aliphatic carbocycles. The van der Waals surface area contributed by atoms with Gasteiger partial charge in [0.05, 0.1) is 17.3 Å². The summed E-state index contributed by atoms with van der Waals surface area (Å²) in [7, 11) is 0. The maximum atomic E-state index is 10.9. The highest BCUT2D eigenvalue weighted by molar-refractivity contribution is 5.88. The number of hydrogen-bond donors (Lipinski definition) is 1. The fourth-order valence-electron chi connectivity index (χ4n) is 2.83. The van der Waals surface area contributed by atoms with Crippen molar-refractivity contribution in [2.45, 2.75) is 38.3 Å². The van der Waals surface area contributed by atoms with Gasteiger partial charge in [-0.2, -0.15) is 0 Å².